The van der Waals surface area contributed by atoms with E-state index in [0.717, 1.165) is 46.7 Å². The molecule has 0 saturated carbocycles. The summed E-state index contributed by atoms with van der Waals surface area (Å²) in [5.41, 5.74) is 2.00. The minimum atomic E-state index is 0.181. The molecule has 0 bridgehead atoms. The van der Waals surface area contributed by atoms with Crippen molar-refractivity contribution in [1.82, 2.24) is 4.98 Å². The zero-order chi connectivity index (χ0) is 15.9. The van der Waals surface area contributed by atoms with Gasteiger partial charge in [0, 0.05) is 28.4 Å². The molecular weight excluding hydrogens is 360 g/mol. The van der Waals surface area contributed by atoms with Crippen molar-refractivity contribution in [3.05, 3.63) is 34.1 Å². The standard InChI is InChI=1S/C17H21BrN2OS/c1-3-5-6-16(21)20(11-4-2)17-19-15(12-22-17)13-7-9-14(18)10-8-13/h7-10,12H,3-6,11H2,1-2H3. The lowest BCUT2D eigenvalue weighted by atomic mass is 10.2. The largest absolute Gasteiger partial charge is 0.288 e. The van der Waals surface area contributed by atoms with Crippen molar-refractivity contribution in [2.24, 2.45) is 0 Å². The first kappa shape index (κ1) is 17.2. The summed E-state index contributed by atoms with van der Waals surface area (Å²) in [5, 5.41) is 2.83. The number of hydrogen-bond acceptors (Lipinski definition) is 3. The fraction of sp³-hybridized carbons (Fsp3) is 0.412. The van der Waals surface area contributed by atoms with Crippen LogP contribution in [0.15, 0.2) is 34.1 Å². The van der Waals surface area contributed by atoms with Gasteiger partial charge in [0.15, 0.2) is 5.13 Å². The van der Waals surface area contributed by atoms with E-state index >= 15 is 0 Å². The molecule has 5 heteroatoms. The molecule has 22 heavy (non-hydrogen) atoms. The van der Waals surface area contributed by atoms with Crippen LogP contribution >= 0.6 is 27.3 Å². The number of carbonyl (C=O) groups is 1. The van der Waals surface area contributed by atoms with Gasteiger partial charge in [0.05, 0.1) is 5.69 Å². The van der Waals surface area contributed by atoms with Crippen molar-refractivity contribution in [3.63, 3.8) is 0 Å². The van der Waals surface area contributed by atoms with Gasteiger partial charge in [-0.15, -0.1) is 11.3 Å². The van der Waals surface area contributed by atoms with E-state index in [0.29, 0.717) is 6.42 Å². The molecular formula is C17H21BrN2OS. The molecule has 0 N–H and O–H groups in total. The van der Waals surface area contributed by atoms with Crippen LogP contribution in [0.4, 0.5) is 5.13 Å². The number of halogens is 1. The first-order valence-electron chi connectivity index (χ1n) is 7.67. The Labute approximate surface area is 144 Å². The van der Waals surface area contributed by atoms with Crippen LogP contribution in [0.1, 0.15) is 39.5 Å². The normalized spacial score (nSPS) is 10.7. The quantitative estimate of drug-likeness (QED) is 0.634. The second-order valence-electron chi connectivity index (χ2n) is 5.17. The van der Waals surface area contributed by atoms with Gasteiger partial charge < -0.3 is 0 Å². The van der Waals surface area contributed by atoms with Gasteiger partial charge in [-0.25, -0.2) is 4.98 Å². The lowest BCUT2D eigenvalue weighted by Gasteiger charge is -2.18. The predicted molar refractivity (Wildman–Crippen MR) is 97.4 cm³/mol. The molecule has 1 heterocycles. The van der Waals surface area contributed by atoms with Crippen LogP contribution in [0, 0.1) is 0 Å². The van der Waals surface area contributed by atoms with Crippen molar-refractivity contribution in [1.29, 1.82) is 0 Å². The van der Waals surface area contributed by atoms with E-state index < -0.39 is 0 Å². The fourth-order valence-electron chi connectivity index (χ4n) is 2.16. The summed E-state index contributed by atoms with van der Waals surface area (Å²) < 4.78 is 1.05. The van der Waals surface area contributed by atoms with E-state index in [1.165, 1.54) is 0 Å². The van der Waals surface area contributed by atoms with Gasteiger partial charge in [-0.3, -0.25) is 9.69 Å². The molecule has 2 aromatic rings. The Balaban J connectivity index is 2.19. The highest BCUT2D eigenvalue weighted by atomic mass is 79.9. The highest BCUT2D eigenvalue weighted by Gasteiger charge is 2.18. The number of amides is 1. The molecule has 0 aliphatic heterocycles. The molecule has 1 aromatic carbocycles. The molecule has 2 rings (SSSR count). The molecule has 3 nitrogen and oxygen atoms in total. The van der Waals surface area contributed by atoms with E-state index in [2.05, 4.69) is 34.8 Å². The summed E-state index contributed by atoms with van der Waals surface area (Å²) in [5.74, 6) is 0.181. The number of carbonyl (C=O) groups excluding carboxylic acids is 1. The smallest absolute Gasteiger partial charge is 0.228 e. The minimum Gasteiger partial charge on any atom is -0.288 e. The number of rotatable bonds is 7. The Morgan fingerprint density at radius 3 is 2.59 bits per heavy atom. The molecule has 0 aliphatic rings. The summed E-state index contributed by atoms with van der Waals surface area (Å²) in [4.78, 5) is 18.9. The lowest BCUT2D eigenvalue weighted by molar-refractivity contribution is -0.118. The Hall–Kier alpha value is -1.20. The van der Waals surface area contributed by atoms with E-state index in [1.54, 1.807) is 11.3 Å². The van der Waals surface area contributed by atoms with Gasteiger partial charge >= 0.3 is 0 Å². The van der Waals surface area contributed by atoms with Crippen LogP contribution in [0.25, 0.3) is 11.3 Å². The van der Waals surface area contributed by atoms with E-state index in [1.807, 2.05) is 34.5 Å². The second kappa shape index (κ2) is 8.44. The molecule has 1 amide bonds. The van der Waals surface area contributed by atoms with E-state index in [9.17, 15) is 4.79 Å². The Bertz CT molecular complexity index is 609. The Morgan fingerprint density at radius 2 is 1.95 bits per heavy atom. The molecule has 1 aromatic heterocycles. The van der Waals surface area contributed by atoms with Crippen LogP contribution in [0.3, 0.4) is 0 Å². The van der Waals surface area contributed by atoms with Crippen LogP contribution in [-0.4, -0.2) is 17.4 Å². The number of benzene rings is 1. The van der Waals surface area contributed by atoms with E-state index in [4.69, 9.17) is 0 Å². The summed E-state index contributed by atoms with van der Waals surface area (Å²) >= 11 is 4.98. The molecule has 0 spiro atoms. The SMILES string of the molecule is CCCCC(=O)N(CCC)c1nc(-c2ccc(Br)cc2)cs1. The number of aromatic nitrogens is 1. The van der Waals surface area contributed by atoms with Crippen molar-refractivity contribution in [3.8, 4) is 11.3 Å². The second-order valence-corrected chi connectivity index (χ2v) is 6.92. The number of hydrogen-bond donors (Lipinski definition) is 0. The minimum absolute atomic E-state index is 0.181. The third kappa shape index (κ3) is 4.40. The van der Waals surface area contributed by atoms with Crippen molar-refractivity contribution >= 4 is 38.3 Å². The van der Waals surface area contributed by atoms with Gasteiger partial charge in [0.25, 0.3) is 0 Å². The molecule has 0 radical (unpaired) electrons. The summed E-state index contributed by atoms with van der Waals surface area (Å²) in [6.45, 7) is 4.92. The molecule has 0 unspecified atom stereocenters. The summed E-state index contributed by atoms with van der Waals surface area (Å²) in [7, 11) is 0. The third-order valence-corrected chi connectivity index (χ3v) is 4.75. The average molecular weight is 381 g/mol. The van der Waals surface area contributed by atoms with Crippen molar-refractivity contribution in [2.75, 3.05) is 11.4 Å². The third-order valence-electron chi connectivity index (χ3n) is 3.36. The fourth-order valence-corrected chi connectivity index (χ4v) is 3.30. The summed E-state index contributed by atoms with van der Waals surface area (Å²) in [6.07, 6.45) is 3.51. The molecule has 118 valence electrons. The van der Waals surface area contributed by atoms with Gasteiger partial charge in [0.2, 0.25) is 5.91 Å². The van der Waals surface area contributed by atoms with Gasteiger partial charge in [-0.05, 0) is 25.0 Å². The number of anilines is 1. The van der Waals surface area contributed by atoms with E-state index in [-0.39, 0.29) is 5.91 Å². The molecule has 0 aliphatic carbocycles. The highest BCUT2D eigenvalue weighted by molar-refractivity contribution is 9.10. The van der Waals surface area contributed by atoms with Crippen LogP contribution < -0.4 is 4.90 Å². The topological polar surface area (TPSA) is 33.2 Å². The van der Waals surface area contributed by atoms with Crippen LogP contribution in [-0.2, 0) is 4.79 Å². The monoisotopic (exact) mass is 380 g/mol. The Kier molecular flexibility index (Phi) is 6.58. The molecule has 0 atom stereocenters. The highest BCUT2D eigenvalue weighted by Crippen LogP contribution is 2.29. The number of nitrogens with zero attached hydrogens (tertiary/aromatic N) is 2. The lowest BCUT2D eigenvalue weighted by Crippen LogP contribution is -2.31. The zero-order valence-electron chi connectivity index (χ0n) is 13.0. The maximum Gasteiger partial charge on any atom is 0.228 e. The van der Waals surface area contributed by atoms with Gasteiger partial charge in [-0.1, -0.05) is 48.3 Å². The first-order chi connectivity index (χ1) is 10.7. The van der Waals surface area contributed by atoms with Gasteiger partial charge in [-0.2, -0.15) is 0 Å². The number of unbranched alkanes of at least 4 members (excludes halogenated alkanes) is 1. The van der Waals surface area contributed by atoms with Crippen molar-refractivity contribution in [2.45, 2.75) is 39.5 Å². The molecule has 0 saturated heterocycles. The zero-order valence-corrected chi connectivity index (χ0v) is 15.4. The van der Waals surface area contributed by atoms with Crippen LogP contribution in [0.2, 0.25) is 0 Å². The van der Waals surface area contributed by atoms with Crippen molar-refractivity contribution < 1.29 is 4.79 Å². The Morgan fingerprint density at radius 1 is 1.23 bits per heavy atom. The van der Waals surface area contributed by atoms with Gasteiger partial charge in [0.1, 0.15) is 0 Å². The average Bonchev–Trinajstić information content (AvgIpc) is 3.00. The predicted octanol–water partition coefficient (Wildman–Crippen LogP) is 5.51. The number of thiazole rings is 1. The van der Waals surface area contributed by atoms with Crippen LogP contribution in [0.5, 0.6) is 0 Å². The summed E-state index contributed by atoms with van der Waals surface area (Å²) in [6, 6.07) is 8.08. The molecule has 0 fully saturated rings. The maximum absolute atomic E-state index is 12.4. The maximum atomic E-state index is 12.4. The first-order valence-corrected chi connectivity index (χ1v) is 9.34.